The molecule has 21 heavy (non-hydrogen) atoms. The van der Waals surface area contributed by atoms with Crippen LogP contribution >= 0.6 is 0 Å². The van der Waals surface area contributed by atoms with Crippen LogP contribution in [0.25, 0.3) is 0 Å². The third-order valence-corrected chi connectivity index (χ3v) is 3.68. The summed E-state index contributed by atoms with van der Waals surface area (Å²) in [7, 11) is 0. The van der Waals surface area contributed by atoms with Gasteiger partial charge in [0.25, 0.3) is 0 Å². The molecule has 0 saturated carbocycles. The van der Waals surface area contributed by atoms with Crippen molar-refractivity contribution in [3.05, 3.63) is 22.1 Å². The molecule has 1 saturated heterocycles. The standard InChI is InChI=1S/C12H19N5O4/c1-10-13-8-11(17(20)21)16(10)7-6-14-2-4-15(5-3-14)9-12(18)19/h8H,2-7,9H2,1H3,(H,18,19). The van der Waals surface area contributed by atoms with Crippen molar-refractivity contribution in [3.8, 4) is 0 Å². The average molecular weight is 297 g/mol. The van der Waals surface area contributed by atoms with Gasteiger partial charge in [0, 0.05) is 39.6 Å². The summed E-state index contributed by atoms with van der Waals surface area (Å²) in [6.45, 7) is 5.98. The van der Waals surface area contributed by atoms with E-state index in [1.807, 2.05) is 4.90 Å². The third kappa shape index (κ3) is 3.99. The predicted molar refractivity (Wildman–Crippen MR) is 74.1 cm³/mol. The number of aliphatic carboxylic acids is 1. The first-order chi connectivity index (χ1) is 9.97. The van der Waals surface area contributed by atoms with Gasteiger partial charge in [-0.2, -0.15) is 0 Å². The summed E-state index contributed by atoms with van der Waals surface area (Å²) < 4.78 is 1.60. The highest BCUT2D eigenvalue weighted by molar-refractivity contribution is 5.69. The lowest BCUT2D eigenvalue weighted by Crippen LogP contribution is -2.48. The van der Waals surface area contributed by atoms with Crippen molar-refractivity contribution in [1.82, 2.24) is 19.4 Å². The van der Waals surface area contributed by atoms with Crippen LogP contribution in [0.1, 0.15) is 5.82 Å². The minimum atomic E-state index is -0.812. The number of aromatic nitrogens is 2. The van der Waals surface area contributed by atoms with E-state index in [0.717, 1.165) is 13.1 Å². The maximum Gasteiger partial charge on any atom is 0.342 e. The summed E-state index contributed by atoms with van der Waals surface area (Å²) in [4.78, 5) is 29.2. The molecule has 1 aliphatic heterocycles. The van der Waals surface area contributed by atoms with Crippen LogP contribution in [-0.2, 0) is 11.3 Å². The fourth-order valence-corrected chi connectivity index (χ4v) is 2.48. The number of carboxylic acids is 1. The average Bonchev–Trinajstić information content (AvgIpc) is 2.79. The molecular weight excluding hydrogens is 278 g/mol. The Bertz CT molecular complexity index is 522. The molecule has 9 nitrogen and oxygen atoms in total. The summed E-state index contributed by atoms with van der Waals surface area (Å²) in [6.07, 6.45) is 1.28. The molecule has 0 bridgehead atoms. The zero-order valence-electron chi connectivity index (χ0n) is 11.9. The number of imidazole rings is 1. The van der Waals surface area contributed by atoms with Gasteiger partial charge in [0.1, 0.15) is 12.7 Å². The summed E-state index contributed by atoms with van der Waals surface area (Å²) in [5.41, 5.74) is 0. The fraction of sp³-hybridized carbons (Fsp3) is 0.667. The second-order valence-corrected chi connectivity index (χ2v) is 5.08. The number of hydrogen-bond donors (Lipinski definition) is 1. The highest BCUT2D eigenvalue weighted by atomic mass is 16.6. The van der Waals surface area contributed by atoms with Crippen molar-refractivity contribution < 1.29 is 14.8 Å². The number of carbonyl (C=O) groups is 1. The molecular formula is C12H19N5O4. The van der Waals surface area contributed by atoms with E-state index in [9.17, 15) is 14.9 Å². The molecule has 0 unspecified atom stereocenters. The van der Waals surface area contributed by atoms with Crippen molar-refractivity contribution in [1.29, 1.82) is 0 Å². The van der Waals surface area contributed by atoms with Gasteiger partial charge in [-0.25, -0.2) is 9.55 Å². The normalized spacial score (nSPS) is 17.0. The van der Waals surface area contributed by atoms with Gasteiger partial charge in [-0.3, -0.25) is 14.6 Å². The van der Waals surface area contributed by atoms with Crippen LogP contribution in [0.3, 0.4) is 0 Å². The molecule has 0 amide bonds. The number of nitro groups is 1. The highest BCUT2D eigenvalue weighted by Gasteiger charge is 2.21. The first kappa shape index (κ1) is 15.4. The molecule has 0 atom stereocenters. The van der Waals surface area contributed by atoms with E-state index in [-0.39, 0.29) is 12.4 Å². The Kier molecular flexibility index (Phi) is 4.86. The Balaban J connectivity index is 1.84. The minimum Gasteiger partial charge on any atom is -0.480 e. The molecule has 1 aromatic rings. The first-order valence-corrected chi connectivity index (χ1v) is 6.80. The fourth-order valence-electron chi connectivity index (χ4n) is 2.48. The number of carboxylic acid groups (broad SMARTS) is 1. The number of piperazine rings is 1. The molecule has 2 rings (SSSR count). The van der Waals surface area contributed by atoms with Crippen LogP contribution in [0.15, 0.2) is 6.20 Å². The topological polar surface area (TPSA) is 105 Å². The van der Waals surface area contributed by atoms with Crippen molar-refractivity contribution >= 4 is 11.8 Å². The van der Waals surface area contributed by atoms with E-state index < -0.39 is 10.9 Å². The zero-order valence-corrected chi connectivity index (χ0v) is 11.9. The first-order valence-electron chi connectivity index (χ1n) is 6.80. The molecule has 1 N–H and O–H groups in total. The minimum absolute atomic E-state index is 0.0111. The lowest BCUT2D eigenvalue weighted by molar-refractivity contribution is -0.392. The summed E-state index contributed by atoms with van der Waals surface area (Å²) in [5, 5.41) is 19.6. The smallest absolute Gasteiger partial charge is 0.342 e. The molecule has 0 aromatic carbocycles. The molecule has 0 radical (unpaired) electrons. The second-order valence-electron chi connectivity index (χ2n) is 5.08. The quantitative estimate of drug-likeness (QED) is 0.572. The summed E-state index contributed by atoms with van der Waals surface area (Å²) >= 11 is 0. The Morgan fingerprint density at radius 3 is 2.52 bits per heavy atom. The van der Waals surface area contributed by atoms with Gasteiger partial charge in [0.05, 0.1) is 6.54 Å². The van der Waals surface area contributed by atoms with Crippen molar-refractivity contribution in [2.24, 2.45) is 0 Å². The van der Waals surface area contributed by atoms with E-state index in [1.54, 1.807) is 11.5 Å². The summed E-state index contributed by atoms with van der Waals surface area (Å²) in [5.74, 6) is -0.170. The van der Waals surface area contributed by atoms with Crippen molar-refractivity contribution in [3.63, 3.8) is 0 Å². The lowest BCUT2D eigenvalue weighted by Gasteiger charge is -2.33. The van der Waals surface area contributed by atoms with Gasteiger partial charge < -0.3 is 15.2 Å². The molecule has 1 aliphatic rings. The van der Waals surface area contributed by atoms with Crippen LogP contribution in [0.5, 0.6) is 0 Å². The number of aryl methyl sites for hydroxylation is 1. The Labute approximate surface area is 121 Å². The van der Waals surface area contributed by atoms with Gasteiger partial charge >= 0.3 is 11.8 Å². The van der Waals surface area contributed by atoms with Gasteiger partial charge in [-0.1, -0.05) is 0 Å². The molecule has 0 aliphatic carbocycles. The van der Waals surface area contributed by atoms with Gasteiger partial charge in [-0.05, 0) is 4.92 Å². The molecule has 1 fully saturated rings. The van der Waals surface area contributed by atoms with Crippen LogP contribution in [0, 0.1) is 17.0 Å². The predicted octanol–water partition coefficient (Wildman–Crippen LogP) is -0.198. The molecule has 2 heterocycles. The van der Waals surface area contributed by atoms with Crippen LogP contribution < -0.4 is 0 Å². The van der Waals surface area contributed by atoms with Gasteiger partial charge in [0.15, 0.2) is 5.82 Å². The Morgan fingerprint density at radius 2 is 1.95 bits per heavy atom. The molecule has 9 heteroatoms. The number of hydrogen-bond acceptors (Lipinski definition) is 6. The molecule has 1 aromatic heterocycles. The lowest BCUT2D eigenvalue weighted by atomic mass is 10.3. The SMILES string of the molecule is Cc1ncc([N+](=O)[O-])n1CCN1CCN(CC(=O)O)CC1. The Hall–Kier alpha value is -2.00. The van der Waals surface area contributed by atoms with Crippen molar-refractivity contribution in [2.45, 2.75) is 13.5 Å². The van der Waals surface area contributed by atoms with Crippen LogP contribution in [0.2, 0.25) is 0 Å². The third-order valence-electron chi connectivity index (χ3n) is 3.68. The molecule has 116 valence electrons. The van der Waals surface area contributed by atoms with E-state index in [0.29, 0.717) is 32.0 Å². The highest BCUT2D eigenvalue weighted by Crippen LogP contribution is 2.13. The largest absolute Gasteiger partial charge is 0.480 e. The zero-order chi connectivity index (χ0) is 15.4. The Morgan fingerprint density at radius 1 is 1.33 bits per heavy atom. The van der Waals surface area contributed by atoms with E-state index in [1.165, 1.54) is 6.20 Å². The van der Waals surface area contributed by atoms with Crippen LogP contribution in [0.4, 0.5) is 5.82 Å². The van der Waals surface area contributed by atoms with E-state index >= 15 is 0 Å². The van der Waals surface area contributed by atoms with Gasteiger partial charge in [0.2, 0.25) is 0 Å². The monoisotopic (exact) mass is 297 g/mol. The van der Waals surface area contributed by atoms with E-state index in [4.69, 9.17) is 5.11 Å². The van der Waals surface area contributed by atoms with Crippen molar-refractivity contribution in [2.75, 3.05) is 39.3 Å². The summed E-state index contributed by atoms with van der Waals surface area (Å²) in [6, 6.07) is 0. The second kappa shape index (κ2) is 6.64. The number of nitrogens with zero attached hydrogens (tertiary/aromatic N) is 5. The maximum atomic E-state index is 10.9. The maximum absolute atomic E-state index is 10.9. The van der Waals surface area contributed by atoms with Crippen LogP contribution in [-0.4, -0.2) is 74.6 Å². The molecule has 0 spiro atoms. The number of rotatable bonds is 6. The van der Waals surface area contributed by atoms with E-state index in [2.05, 4.69) is 9.88 Å². The van der Waals surface area contributed by atoms with Gasteiger partial charge in [-0.15, -0.1) is 0 Å².